The molecule has 0 fully saturated rings. The number of rotatable bonds is 8. The van der Waals surface area contributed by atoms with Crippen LogP contribution in [0.5, 0.6) is 5.75 Å². The maximum Gasteiger partial charge on any atom is 0.191 e. The highest BCUT2D eigenvalue weighted by molar-refractivity contribution is 14.0. The third-order valence-corrected chi connectivity index (χ3v) is 4.49. The van der Waals surface area contributed by atoms with E-state index in [0.717, 1.165) is 49.0 Å². The van der Waals surface area contributed by atoms with Crippen molar-refractivity contribution in [2.24, 2.45) is 4.99 Å². The van der Waals surface area contributed by atoms with E-state index in [1.54, 1.807) is 13.4 Å². The number of para-hydroxylation sites is 1. The normalized spacial score (nSPS) is 15.9. The summed E-state index contributed by atoms with van der Waals surface area (Å²) in [7, 11) is 1.68. The van der Waals surface area contributed by atoms with Crippen molar-refractivity contribution >= 4 is 29.9 Å². The number of ether oxygens (including phenoxy) is 2. The highest BCUT2D eigenvalue weighted by atomic mass is 127. The van der Waals surface area contributed by atoms with Gasteiger partial charge in [0, 0.05) is 38.6 Å². The molecule has 0 saturated carbocycles. The van der Waals surface area contributed by atoms with Gasteiger partial charge in [0.15, 0.2) is 5.96 Å². The summed E-state index contributed by atoms with van der Waals surface area (Å²) in [5.74, 6) is 2.70. The molecule has 0 bridgehead atoms. The van der Waals surface area contributed by atoms with Gasteiger partial charge in [-0.3, -0.25) is 4.99 Å². The van der Waals surface area contributed by atoms with Gasteiger partial charge in [-0.1, -0.05) is 25.1 Å². The molecular weight excluding hydrogens is 471 g/mol. The smallest absolute Gasteiger partial charge is 0.191 e. The number of aliphatic imine (C=N–C) groups is 1. The largest absolute Gasteiger partial charge is 0.493 e. The highest BCUT2D eigenvalue weighted by Gasteiger charge is 2.21. The summed E-state index contributed by atoms with van der Waals surface area (Å²) in [6.45, 7) is 5.47. The van der Waals surface area contributed by atoms with Crippen LogP contribution in [0.1, 0.15) is 30.8 Å². The van der Waals surface area contributed by atoms with E-state index >= 15 is 0 Å². The highest BCUT2D eigenvalue weighted by Crippen LogP contribution is 2.31. The summed E-state index contributed by atoms with van der Waals surface area (Å²) in [5, 5.41) is 15.1. The predicted octanol–water partition coefficient (Wildman–Crippen LogP) is 2.16. The molecule has 1 aliphatic heterocycles. The Bertz CT molecular complexity index is 752. The first-order chi connectivity index (χ1) is 13.3. The molecule has 1 aliphatic rings. The fraction of sp³-hybridized carbons (Fsp3) is 0.526. The molecule has 154 valence electrons. The van der Waals surface area contributed by atoms with Gasteiger partial charge in [0.05, 0.1) is 25.8 Å². The van der Waals surface area contributed by atoms with Crippen molar-refractivity contribution in [3.8, 4) is 5.75 Å². The van der Waals surface area contributed by atoms with Crippen molar-refractivity contribution in [3.05, 3.63) is 42.0 Å². The molecule has 8 nitrogen and oxygen atoms in total. The lowest BCUT2D eigenvalue weighted by molar-refractivity contribution is 0.207. The Balaban J connectivity index is 0.00000280. The second kappa shape index (κ2) is 11.8. The SMILES string of the molecule is CCc1nncn1CCNC(=NCCOC)NC1CCOc2ccccc21.I. The zero-order valence-corrected chi connectivity index (χ0v) is 18.8. The van der Waals surface area contributed by atoms with Gasteiger partial charge in [-0.2, -0.15) is 0 Å². The predicted molar refractivity (Wildman–Crippen MR) is 119 cm³/mol. The van der Waals surface area contributed by atoms with Crippen LogP contribution in [0.4, 0.5) is 0 Å². The monoisotopic (exact) mass is 500 g/mol. The number of fused-ring (bicyclic) bond motifs is 1. The molecule has 0 radical (unpaired) electrons. The molecule has 28 heavy (non-hydrogen) atoms. The molecule has 2 N–H and O–H groups in total. The second-order valence-electron chi connectivity index (χ2n) is 6.32. The van der Waals surface area contributed by atoms with Crippen molar-refractivity contribution in [2.75, 3.05) is 33.4 Å². The van der Waals surface area contributed by atoms with Crippen molar-refractivity contribution in [1.29, 1.82) is 0 Å². The minimum atomic E-state index is 0. The average Bonchev–Trinajstić information content (AvgIpc) is 3.16. The fourth-order valence-corrected chi connectivity index (χ4v) is 3.09. The molecule has 1 aromatic carbocycles. The maximum atomic E-state index is 5.75. The summed E-state index contributed by atoms with van der Waals surface area (Å²) in [5.41, 5.74) is 1.16. The van der Waals surface area contributed by atoms with Crippen molar-refractivity contribution < 1.29 is 9.47 Å². The number of nitrogens with one attached hydrogen (secondary N) is 2. The first kappa shape index (κ1) is 22.4. The van der Waals surface area contributed by atoms with Crippen LogP contribution in [-0.4, -0.2) is 54.1 Å². The van der Waals surface area contributed by atoms with E-state index in [9.17, 15) is 0 Å². The molecule has 2 aromatic rings. The molecule has 0 saturated heterocycles. The molecule has 1 atom stereocenters. The Hall–Kier alpha value is -1.88. The van der Waals surface area contributed by atoms with Crippen LogP contribution in [0.15, 0.2) is 35.6 Å². The number of benzene rings is 1. The summed E-state index contributed by atoms with van der Waals surface area (Å²) in [6.07, 6.45) is 3.53. The van der Waals surface area contributed by atoms with Crippen LogP contribution in [0.25, 0.3) is 0 Å². The first-order valence-electron chi connectivity index (χ1n) is 9.44. The second-order valence-corrected chi connectivity index (χ2v) is 6.32. The molecule has 2 heterocycles. The lowest BCUT2D eigenvalue weighted by Gasteiger charge is -2.28. The number of aryl methyl sites for hydroxylation is 1. The van der Waals surface area contributed by atoms with E-state index in [4.69, 9.17) is 9.47 Å². The fourth-order valence-electron chi connectivity index (χ4n) is 3.09. The van der Waals surface area contributed by atoms with E-state index in [1.165, 1.54) is 0 Å². The van der Waals surface area contributed by atoms with Crippen molar-refractivity contribution in [1.82, 2.24) is 25.4 Å². The van der Waals surface area contributed by atoms with Gasteiger partial charge in [0.2, 0.25) is 0 Å². The third-order valence-electron chi connectivity index (χ3n) is 4.49. The van der Waals surface area contributed by atoms with Crippen LogP contribution >= 0.6 is 24.0 Å². The lowest BCUT2D eigenvalue weighted by atomic mass is 10.0. The number of methoxy groups -OCH3 is 1. The Kier molecular flexibility index (Phi) is 9.48. The van der Waals surface area contributed by atoms with E-state index < -0.39 is 0 Å². The zero-order chi connectivity index (χ0) is 18.9. The first-order valence-corrected chi connectivity index (χ1v) is 9.44. The van der Waals surface area contributed by atoms with Crippen LogP contribution in [0.3, 0.4) is 0 Å². The van der Waals surface area contributed by atoms with E-state index in [-0.39, 0.29) is 30.0 Å². The van der Waals surface area contributed by atoms with Gasteiger partial charge in [-0.05, 0) is 6.07 Å². The standard InChI is InChI=1S/C19H28N6O2.HI/c1-3-18-24-22-14-25(18)11-9-20-19(21-10-13-26-2)23-16-8-12-27-17-7-5-4-6-15(16)17;/h4-7,14,16H,3,8-13H2,1-2H3,(H2,20,21,23);1H. The summed E-state index contributed by atoms with van der Waals surface area (Å²) >= 11 is 0. The Labute approximate surface area is 183 Å². The Morgan fingerprint density at radius 3 is 3.07 bits per heavy atom. The molecule has 1 unspecified atom stereocenters. The number of hydrogen-bond acceptors (Lipinski definition) is 5. The van der Waals surface area contributed by atoms with E-state index in [2.05, 4.69) is 43.4 Å². The minimum absolute atomic E-state index is 0. The molecule has 0 spiro atoms. The molecule has 1 aromatic heterocycles. The van der Waals surface area contributed by atoms with Crippen LogP contribution < -0.4 is 15.4 Å². The van der Waals surface area contributed by atoms with Crippen LogP contribution in [-0.2, 0) is 17.7 Å². The summed E-state index contributed by atoms with van der Waals surface area (Å²) < 4.78 is 12.9. The van der Waals surface area contributed by atoms with E-state index in [0.29, 0.717) is 19.8 Å². The van der Waals surface area contributed by atoms with E-state index in [1.807, 2.05) is 18.2 Å². The van der Waals surface area contributed by atoms with Gasteiger partial charge in [0.25, 0.3) is 0 Å². The topological polar surface area (TPSA) is 85.6 Å². The lowest BCUT2D eigenvalue weighted by Crippen LogP contribution is -2.42. The van der Waals surface area contributed by atoms with Gasteiger partial charge in [-0.25, -0.2) is 0 Å². The van der Waals surface area contributed by atoms with Crippen molar-refractivity contribution in [2.45, 2.75) is 32.4 Å². The molecular formula is C19H29IN6O2. The van der Waals surface area contributed by atoms with Gasteiger partial charge in [-0.15, -0.1) is 34.2 Å². The Morgan fingerprint density at radius 1 is 1.39 bits per heavy atom. The Morgan fingerprint density at radius 2 is 2.25 bits per heavy atom. The van der Waals surface area contributed by atoms with Crippen LogP contribution in [0, 0.1) is 0 Å². The molecule has 0 amide bonds. The van der Waals surface area contributed by atoms with Gasteiger partial charge in [0.1, 0.15) is 17.9 Å². The number of halogens is 1. The quantitative estimate of drug-likeness (QED) is 0.250. The minimum Gasteiger partial charge on any atom is -0.493 e. The maximum absolute atomic E-state index is 5.75. The van der Waals surface area contributed by atoms with Gasteiger partial charge >= 0.3 is 0 Å². The number of hydrogen-bond donors (Lipinski definition) is 2. The molecule has 0 aliphatic carbocycles. The number of guanidine groups is 1. The van der Waals surface area contributed by atoms with Gasteiger partial charge < -0.3 is 24.7 Å². The molecule has 9 heteroatoms. The van der Waals surface area contributed by atoms with Crippen LogP contribution in [0.2, 0.25) is 0 Å². The summed E-state index contributed by atoms with van der Waals surface area (Å²) in [6, 6.07) is 8.32. The van der Waals surface area contributed by atoms with Crippen molar-refractivity contribution in [3.63, 3.8) is 0 Å². The number of aromatic nitrogens is 3. The number of nitrogens with zero attached hydrogens (tertiary/aromatic N) is 4. The summed E-state index contributed by atoms with van der Waals surface area (Å²) in [4.78, 5) is 4.63. The third kappa shape index (κ3) is 6.06. The average molecular weight is 500 g/mol. The molecule has 3 rings (SSSR count). The zero-order valence-electron chi connectivity index (χ0n) is 16.4.